The van der Waals surface area contributed by atoms with Crippen molar-refractivity contribution in [3.8, 4) is 0 Å². The van der Waals surface area contributed by atoms with Crippen LogP contribution in [0.2, 0.25) is 0 Å². The molecule has 0 N–H and O–H groups in total. The minimum absolute atomic E-state index is 0.228. The van der Waals surface area contributed by atoms with Gasteiger partial charge in [0.15, 0.2) is 5.78 Å². The number of ketones is 1. The van der Waals surface area contributed by atoms with Crippen LogP contribution in [0.1, 0.15) is 42.1 Å². The van der Waals surface area contributed by atoms with Gasteiger partial charge in [-0.1, -0.05) is 6.92 Å². The Bertz CT molecular complexity index is 332. The number of rotatable bonds is 3. The third-order valence-electron chi connectivity index (χ3n) is 2.85. The molecule has 0 radical (unpaired) electrons. The lowest BCUT2D eigenvalue weighted by Gasteiger charge is -2.05. The fraction of sp³-hybridized carbons (Fsp3) is 0.545. The fourth-order valence-corrected chi connectivity index (χ4v) is 1.52. The van der Waals surface area contributed by atoms with Crippen molar-refractivity contribution in [2.45, 2.75) is 33.1 Å². The lowest BCUT2D eigenvalue weighted by atomic mass is 9.97. The topological polar surface area (TPSA) is 30.2 Å². The van der Waals surface area contributed by atoms with Gasteiger partial charge in [-0.05, 0) is 30.7 Å². The maximum absolute atomic E-state index is 11.7. The SMILES string of the molecule is Cc1cocc1C(=O)CC1(C)CC1. The molecule has 1 aliphatic carbocycles. The molecule has 70 valence electrons. The van der Waals surface area contributed by atoms with Gasteiger partial charge in [0, 0.05) is 6.42 Å². The molecule has 1 fully saturated rings. The standard InChI is InChI=1S/C11H14O2/c1-8-6-13-7-9(8)10(12)5-11(2)3-4-11/h6-7H,3-5H2,1-2H3. The van der Waals surface area contributed by atoms with Crippen molar-refractivity contribution in [1.82, 2.24) is 0 Å². The molecule has 1 heterocycles. The Balaban J connectivity index is 2.09. The summed E-state index contributed by atoms with van der Waals surface area (Å²) in [6.45, 7) is 4.08. The van der Waals surface area contributed by atoms with E-state index in [2.05, 4.69) is 6.92 Å². The summed E-state index contributed by atoms with van der Waals surface area (Å²) < 4.78 is 4.98. The Morgan fingerprint density at radius 2 is 2.23 bits per heavy atom. The van der Waals surface area contributed by atoms with Crippen molar-refractivity contribution in [3.05, 3.63) is 23.7 Å². The zero-order chi connectivity index (χ0) is 9.47. The second-order valence-electron chi connectivity index (χ2n) is 4.38. The Morgan fingerprint density at radius 1 is 1.54 bits per heavy atom. The van der Waals surface area contributed by atoms with Gasteiger partial charge in [-0.2, -0.15) is 0 Å². The van der Waals surface area contributed by atoms with E-state index >= 15 is 0 Å². The Kier molecular flexibility index (Phi) is 1.79. The van der Waals surface area contributed by atoms with Crippen molar-refractivity contribution >= 4 is 5.78 Å². The molecule has 0 saturated heterocycles. The van der Waals surface area contributed by atoms with Crippen LogP contribution in [0.15, 0.2) is 16.9 Å². The predicted octanol–water partition coefficient (Wildman–Crippen LogP) is 2.96. The Hall–Kier alpha value is -1.05. The molecule has 2 rings (SSSR count). The van der Waals surface area contributed by atoms with Crippen molar-refractivity contribution < 1.29 is 9.21 Å². The molecule has 13 heavy (non-hydrogen) atoms. The van der Waals surface area contributed by atoms with Crippen LogP contribution in [0.4, 0.5) is 0 Å². The van der Waals surface area contributed by atoms with Gasteiger partial charge in [0.1, 0.15) is 6.26 Å². The molecule has 2 heteroatoms. The number of Topliss-reactive ketones (excluding diaryl/α,β-unsaturated/α-hetero) is 1. The average Bonchev–Trinajstić information content (AvgIpc) is 2.63. The maximum Gasteiger partial charge on any atom is 0.166 e. The minimum Gasteiger partial charge on any atom is -0.472 e. The highest BCUT2D eigenvalue weighted by Crippen LogP contribution is 2.48. The smallest absolute Gasteiger partial charge is 0.166 e. The Labute approximate surface area is 77.9 Å². The van der Waals surface area contributed by atoms with E-state index in [0.29, 0.717) is 11.8 Å². The summed E-state index contributed by atoms with van der Waals surface area (Å²) in [7, 11) is 0. The highest BCUT2D eigenvalue weighted by atomic mass is 16.3. The molecule has 0 unspecified atom stereocenters. The summed E-state index contributed by atoms with van der Waals surface area (Å²) in [5.41, 5.74) is 2.00. The molecule has 1 aromatic heterocycles. The first kappa shape index (κ1) is 8.54. The second-order valence-corrected chi connectivity index (χ2v) is 4.38. The molecular weight excluding hydrogens is 164 g/mol. The van der Waals surface area contributed by atoms with E-state index in [1.165, 1.54) is 12.8 Å². The largest absolute Gasteiger partial charge is 0.472 e. The predicted molar refractivity (Wildman–Crippen MR) is 49.7 cm³/mol. The van der Waals surface area contributed by atoms with Crippen molar-refractivity contribution in [2.75, 3.05) is 0 Å². The van der Waals surface area contributed by atoms with Crippen LogP contribution in [0, 0.1) is 12.3 Å². The van der Waals surface area contributed by atoms with E-state index in [4.69, 9.17) is 4.42 Å². The van der Waals surface area contributed by atoms with Crippen molar-refractivity contribution in [1.29, 1.82) is 0 Å². The molecule has 0 spiro atoms. The van der Waals surface area contributed by atoms with Gasteiger partial charge in [-0.3, -0.25) is 4.79 Å². The number of carbonyl (C=O) groups is 1. The summed E-state index contributed by atoms with van der Waals surface area (Å²) in [5, 5.41) is 0. The highest BCUT2D eigenvalue weighted by Gasteiger charge is 2.39. The lowest BCUT2D eigenvalue weighted by molar-refractivity contribution is 0.0958. The van der Waals surface area contributed by atoms with Gasteiger partial charge >= 0.3 is 0 Å². The molecule has 0 aromatic carbocycles. The van der Waals surface area contributed by atoms with Gasteiger partial charge in [-0.15, -0.1) is 0 Å². The van der Waals surface area contributed by atoms with Crippen LogP contribution in [0.3, 0.4) is 0 Å². The van der Waals surface area contributed by atoms with Crippen LogP contribution in [-0.2, 0) is 0 Å². The number of carbonyl (C=O) groups excluding carboxylic acids is 1. The van der Waals surface area contributed by atoms with Crippen LogP contribution in [-0.4, -0.2) is 5.78 Å². The van der Waals surface area contributed by atoms with Gasteiger partial charge in [0.2, 0.25) is 0 Å². The van der Waals surface area contributed by atoms with Gasteiger partial charge in [0.25, 0.3) is 0 Å². The molecular formula is C11H14O2. The first-order valence-electron chi connectivity index (χ1n) is 4.67. The lowest BCUT2D eigenvalue weighted by Crippen LogP contribution is -2.06. The molecule has 1 saturated carbocycles. The third-order valence-corrected chi connectivity index (χ3v) is 2.85. The highest BCUT2D eigenvalue weighted by molar-refractivity contribution is 5.97. The average molecular weight is 178 g/mol. The summed E-state index contributed by atoms with van der Waals surface area (Å²) in [5.74, 6) is 0.228. The summed E-state index contributed by atoms with van der Waals surface area (Å²) >= 11 is 0. The van der Waals surface area contributed by atoms with Gasteiger partial charge in [-0.25, -0.2) is 0 Å². The second kappa shape index (κ2) is 2.72. The van der Waals surface area contributed by atoms with Crippen LogP contribution in [0.5, 0.6) is 0 Å². The molecule has 0 bridgehead atoms. The number of aryl methyl sites for hydroxylation is 1. The first-order valence-corrected chi connectivity index (χ1v) is 4.67. The molecule has 0 atom stereocenters. The summed E-state index contributed by atoms with van der Waals surface area (Å²) in [6, 6.07) is 0. The van der Waals surface area contributed by atoms with Crippen LogP contribution in [0.25, 0.3) is 0 Å². The third kappa shape index (κ3) is 1.67. The minimum atomic E-state index is 0.228. The first-order chi connectivity index (χ1) is 6.11. The summed E-state index contributed by atoms with van der Waals surface area (Å²) in [4.78, 5) is 11.7. The van der Waals surface area contributed by atoms with E-state index in [-0.39, 0.29) is 5.78 Å². The van der Waals surface area contributed by atoms with Crippen LogP contribution >= 0.6 is 0 Å². The van der Waals surface area contributed by atoms with Crippen molar-refractivity contribution in [2.24, 2.45) is 5.41 Å². The number of hydrogen-bond acceptors (Lipinski definition) is 2. The monoisotopic (exact) mass is 178 g/mol. The fourth-order valence-electron chi connectivity index (χ4n) is 1.52. The zero-order valence-corrected chi connectivity index (χ0v) is 8.09. The van der Waals surface area contributed by atoms with E-state index < -0.39 is 0 Å². The Morgan fingerprint density at radius 3 is 2.69 bits per heavy atom. The summed E-state index contributed by atoms with van der Waals surface area (Å²) in [6.07, 6.45) is 6.24. The van der Waals surface area contributed by atoms with Crippen LogP contribution < -0.4 is 0 Å². The van der Waals surface area contributed by atoms with Crippen molar-refractivity contribution in [3.63, 3.8) is 0 Å². The molecule has 1 aliphatic rings. The molecule has 1 aromatic rings. The van der Waals surface area contributed by atoms with Gasteiger partial charge in [0.05, 0.1) is 11.8 Å². The molecule has 0 amide bonds. The number of furan rings is 1. The maximum atomic E-state index is 11.7. The van der Waals surface area contributed by atoms with Gasteiger partial charge < -0.3 is 4.42 Å². The number of hydrogen-bond donors (Lipinski definition) is 0. The zero-order valence-electron chi connectivity index (χ0n) is 8.09. The van der Waals surface area contributed by atoms with E-state index in [9.17, 15) is 4.79 Å². The van der Waals surface area contributed by atoms with E-state index in [0.717, 1.165) is 11.1 Å². The molecule has 2 nitrogen and oxygen atoms in total. The van der Waals surface area contributed by atoms with E-state index in [1.54, 1.807) is 12.5 Å². The molecule has 0 aliphatic heterocycles. The normalized spacial score (nSPS) is 18.6. The quantitative estimate of drug-likeness (QED) is 0.666. The van der Waals surface area contributed by atoms with E-state index in [1.807, 2.05) is 6.92 Å².